The van der Waals surface area contributed by atoms with E-state index in [-0.39, 0.29) is 25.7 Å². The minimum atomic E-state index is -1.71. The van der Waals surface area contributed by atoms with E-state index in [4.69, 9.17) is 27.1 Å². The van der Waals surface area contributed by atoms with Gasteiger partial charge < -0.3 is 55.5 Å². The molecule has 35 heavy (non-hydrogen) atoms. The zero-order valence-electron chi connectivity index (χ0n) is 18.9. The molecule has 0 radical (unpaired) electrons. The van der Waals surface area contributed by atoms with Crippen molar-refractivity contribution in [1.82, 2.24) is 10.6 Å². The number of carbonyl (C=O) groups excluding carboxylic acids is 2. The Bertz CT molecular complexity index is 797. The standard InChI is InChI=1S/C22H32N2O11/c1-3-5-7-13(27)23-15-19(31)20(12(10-26)33-21(15)32)35-22-16(24-14(28)8-6-4-2)18(30)17(29)11(9-25)34-22/h1-2,11-12,15-22,25-26,29-32H,5-10H2,(H,23,27)(H,24,28)/t11?,12?,15-,16?,17-,18-,19?,20+,21?,22+/m1/s1. The normalized spacial score (nSPS) is 37.0. The SMILES string of the molecule is C#CCCC(=O)NC1[C@H](O[C@H]2C(CO)OC(O)[C@H](NC(=O)CCC#C)C2O)OC(CO)[C@@H](O)[C@@H]1O. The predicted octanol–water partition coefficient (Wildman–Crippen LogP) is -4.32. The first kappa shape index (κ1) is 28.9. The number of hydrogen-bond donors (Lipinski definition) is 8. The highest BCUT2D eigenvalue weighted by Gasteiger charge is 2.51. The van der Waals surface area contributed by atoms with Crippen LogP contribution in [0.3, 0.4) is 0 Å². The number of carbonyl (C=O) groups is 2. The molecule has 0 bridgehead atoms. The molecule has 13 nitrogen and oxygen atoms in total. The molecule has 2 amide bonds. The average Bonchev–Trinajstić information content (AvgIpc) is 2.84. The van der Waals surface area contributed by atoms with E-state index in [2.05, 4.69) is 22.5 Å². The number of aliphatic hydroxyl groups is 6. The van der Waals surface area contributed by atoms with Crippen LogP contribution in [0.25, 0.3) is 0 Å². The molecule has 2 saturated heterocycles. The van der Waals surface area contributed by atoms with Gasteiger partial charge >= 0.3 is 0 Å². The zero-order valence-corrected chi connectivity index (χ0v) is 18.9. The van der Waals surface area contributed by atoms with Crippen molar-refractivity contribution in [2.75, 3.05) is 13.2 Å². The third kappa shape index (κ3) is 7.35. The smallest absolute Gasteiger partial charge is 0.221 e. The Morgan fingerprint density at radius 2 is 1.34 bits per heavy atom. The summed E-state index contributed by atoms with van der Waals surface area (Å²) < 4.78 is 16.6. The maximum Gasteiger partial charge on any atom is 0.221 e. The van der Waals surface area contributed by atoms with Crippen molar-refractivity contribution in [2.45, 2.75) is 87.0 Å². The third-order valence-corrected chi connectivity index (χ3v) is 5.69. The third-order valence-electron chi connectivity index (χ3n) is 5.69. The lowest BCUT2D eigenvalue weighted by molar-refractivity contribution is -0.327. The van der Waals surface area contributed by atoms with Gasteiger partial charge in [-0.05, 0) is 0 Å². The highest BCUT2D eigenvalue weighted by Crippen LogP contribution is 2.29. The Balaban J connectivity index is 2.25. The van der Waals surface area contributed by atoms with Gasteiger partial charge in [0.05, 0.1) is 13.2 Å². The summed E-state index contributed by atoms with van der Waals surface area (Å²) >= 11 is 0. The molecule has 196 valence electrons. The lowest BCUT2D eigenvalue weighted by Gasteiger charge is -2.47. The van der Waals surface area contributed by atoms with E-state index in [1.165, 1.54) is 0 Å². The van der Waals surface area contributed by atoms with E-state index >= 15 is 0 Å². The molecular weight excluding hydrogens is 468 g/mol. The van der Waals surface area contributed by atoms with Gasteiger partial charge in [0.25, 0.3) is 0 Å². The number of rotatable bonds is 10. The van der Waals surface area contributed by atoms with Gasteiger partial charge in [-0.3, -0.25) is 9.59 Å². The predicted molar refractivity (Wildman–Crippen MR) is 117 cm³/mol. The Labute approximate surface area is 202 Å². The fourth-order valence-corrected chi connectivity index (χ4v) is 3.80. The zero-order chi connectivity index (χ0) is 26.1. The number of amides is 2. The molecule has 5 unspecified atom stereocenters. The van der Waals surface area contributed by atoms with Gasteiger partial charge in [0, 0.05) is 25.7 Å². The van der Waals surface area contributed by atoms with Crippen LogP contribution in [0.15, 0.2) is 0 Å². The number of ether oxygens (including phenoxy) is 3. The van der Waals surface area contributed by atoms with Crippen LogP contribution in [-0.2, 0) is 23.8 Å². The van der Waals surface area contributed by atoms with Crippen LogP contribution in [0.1, 0.15) is 25.7 Å². The molecule has 0 aromatic heterocycles. The van der Waals surface area contributed by atoms with Crippen molar-refractivity contribution in [1.29, 1.82) is 0 Å². The Morgan fingerprint density at radius 1 is 0.800 bits per heavy atom. The summed E-state index contributed by atoms with van der Waals surface area (Å²) in [7, 11) is 0. The first-order valence-corrected chi connectivity index (χ1v) is 11.0. The minimum Gasteiger partial charge on any atom is -0.394 e. The minimum absolute atomic E-state index is 0.0822. The second kappa shape index (κ2) is 13.7. The molecule has 2 heterocycles. The van der Waals surface area contributed by atoms with Crippen LogP contribution in [0.2, 0.25) is 0 Å². The Kier molecular flexibility index (Phi) is 11.3. The molecule has 0 aliphatic carbocycles. The Morgan fingerprint density at radius 3 is 1.86 bits per heavy atom. The molecule has 13 heteroatoms. The van der Waals surface area contributed by atoms with Crippen LogP contribution in [0.4, 0.5) is 0 Å². The molecule has 0 saturated carbocycles. The summed E-state index contributed by atoms with van der Waals surface area (Å²) in [5, 5.41) is 66.0. The van der Waals surface area contributed by atoms with Crippen LogP contribution in [0.5, 0.6) is 0 Å². The Hall–Kier alpha value is -2.30. The van der Waals surface area contributed by atoms with Gasteiger partial charge in [0.15, 0.2) is 12.6 Å². The number of nitrogens with one attached hydrogen (secondary N) is 2. The van der Waals surface area contributed by atoms with Gasteiger partial charge in [0.1, 0.15) is 48.7 Å². The summed E-state index contributed by atoms with van der Waals surface area (Å²) in [5.41, 5.74) is 0. The summed E-state index contributed by atoms with van der Waals surface area (Å²) in [6.07, 6.45) is -1.90. The molecule has 8 N–H and O–H groups in total. The van der Waals surface area contributed by atoms with Gasteiger partial charge in [-0.2, -0.15) is 0 Å². The molecule has 2 aliphatic heterocycles. The largest absolute Gasteiger partial charge is 0.394 e. The van der Waals surface area contributed by atoms with Gasteiger partial charge in [-0.25, -0.2) is 0 Å². The molecular formula is C22H32N2O11. The van der Waals surface area contributed by atoms with Crippen molar-refractivity contribution in [2.24, 2.45) is 0 Å². The van der Waals surface area contributed by atoms with Crippen LogP contribution < -0.4 is 10.6 Å². The summed E-state index contributed by atoms with van der Waals surface area (Å²) in [6, 6.07) is -2.76. The first-order valence-electron chi connectivity index (χ1n) is 11.0. The van der Waals surface area contributed by atoms with Gasteiger partial charge in [-0.1, -0.05) is 0 Å². The van der Waals surface area contributed by atoms with Crippen LogP contribution >= 0.6 is 0 Å². The second-order valence-corrected chi connectivity index (χ2v) is 8.14. The molecule has 0 aromatic carbocycles. The van der Waals surface area contributed by atoms with E-state index in [1.54, 1.807) is 0 Å². The molecule has 2 fully saturated rings. The van der Waals surface area contributed by atoms with Crippen LogP contribution in [0, 0.1) is 24.7 Å². The molecule has 2 aliphatic rings. The van der Waals surface area contributed by atoms with E-state index in [0.29, 0.717) is 0 Å². The van der Waals surface area contributed by atoms with Crippen molar-refractivity contribution >= 4 is 11.8 Å². The van der Waals surface area contributed by atoms with Gasteiger partial charge in [-0.15, -0.1) is 24.7 Å². The van der Waals surface area contributed by atoms with Gasteiger partial charge in [0.2, 0.25) is 11.8 Å². The van der Waals surface area contributed by atoms with E-state index < -0.39 is 86.3 Å². The summed E-state index contributed by atoms with van der Waals surface area (Å²) in [6.45, 7) is -1.44. The average molecular weight is 501 g/mol. The van der Waals surface area contributed by atoms with E-state index in [1.807, 2.05) is 0 Å². The van der Waals surface area contributed by atoms with Crippen molar-refractivity contribution < 1.29 is 54.4 Å². The highest BCUT2D eigenvalue weighted by atomic mass is 16.7. The fraction of sp³-hybridized carbons (Fsp3) is 0.727. The molecule has 2 rings (SSSR count). The molecule has 0 aromatic rings. The summed E-state index contributed by atoms with van der Waals surface area (Å²) in [5.74, 6) is 3.41. The quantitative estimate of drug-likeness (QED) is 0.135. The highest BCUT2D eigenvalue weighted by molar-refractivity contribution is 5.77. The first-order chi connectivity index (χ1) is 16.7. The molecule has 10 atom stereocenters. The number of hydrogen-bond acceptors (Lipinski definition) is 11. The van der Waals surface area contributed by atoms with E-state index in [9.17, 15) is 40.2 Å². The van der Waals surface area contributed by atoms with Crippen LogP contribution in [-0.4, -0.2) is 117 Å². The van der Waals surface area contributed by atoms with E-state index in [0.717, 1.165) is 0 Å². The monoisotopic (exact) mass is 500 g/mol. The van der Waals surface area contributed by atoms with Crippen molar-refractivity contribution in [3.8, 4) is 24.7 Å². The maximum absolute atomic E-state index is 12.2. The fourth-order valence-electron chi connectivity index (χ4n) is 3.80. The topological polar surface area (TPSA) is 207 Å². The number of aliphatic hydroxyl groups excluding tert-OH is 6. The second-order valence-electron chi connectivity index (χ2n) is 8.14. The molecule has 0 spiro atoms. The maximum atomic E-state index is 12.2. The van der Waals surface area contributed by atoms with Crippen molar-refractivity contribution in [3.05, 3.63) is 0 Å². The lowest BCUT2D eigenvalue weighted by atomic mass is 9.94. The number of terminal acetylenes is 2. The lowest BCUT2D eigenvalue weighted by Crippen LogP contribution is -2.69. The summed E-state index contributed by atoms with van der Waals surface area (Å²) in [4.78, 5) is 24.3. The van der Waals surface area contributed by atoms with Crippen molar-refractivity contribution in [3.63, 3.8) is 0 Å².